The number of rotatable bonds is 4. The number of carbonyl (C=O) groups excluding carboxylic acids is 1. The molecule has 1 aromatic rings. The lowest BCUT2D eigenvalue weighted by Gasteiger charge is -2.33. The van der Waals surface area contributed by atoms with Crippen molar-refractivity contribution in [2.45, 2.75) is 19.9 Å². The zero-order chi connectivity index (χ0) is 15.4. The number of anilines is 1. The fourth-order valence-electron chi connectivity index (χ4n) is 2.43. The Morgan fingerprint density at radius 2 is 2.33 bits per heavy atom. The third-order valence-electron chi connectivity index (χ3n) is 3.44. The molecule has 1 amide bonds. The van der Waals surface area contributed by atoms with E-state index in [2.05, 4.69) is 5.32 Å². The first-order valence-electron chi connectivity index (χ1n) is 6.96. The van der Waals surface area contributed by atoms with Crippen LogP contribution in [0.4, 0.5) is 11.4 Å². The molecule has 1 aromatic carbocycles. The van der Waals surface area contributed by atoms with Gasteiger partial charge in [-0.15, -0.1) is 0 Å². The molecule has 0 aromatic heterocycles. The van der Waals surface area contributed by atoms with Crippen LogP contribution in [-0.4, -0.2) is 48.1 Å². The zero-order valence-electron chi connectivity index (χ0n) is 12.2. The molecule has 1 atom stereocenters. The number of para-hydroxylation sites is 1. The lowest BCUT2D eigenvalue weighted by Crippen LogP contribution is -2.47. The van der Waals surface area contributed by atoms with Crippen molar-refractivity contribution in [2.24, 2.45) is 0 Å². The molecule has 0 aliphatic carbocycles. The fourth-order valence-corrected chi connectivity index (χ4v) is 2.43. The molecule has 0 spiro atoms. The molecule has 114 valence electrons. The van der Waals surface area contributed by atoms with Crippen molar-refractivity contribution in [3.8, 4) is 0 Å². The highest BCUT2D eigenvalue weighted by Gasteiger charge is 2.31. The van der Waals surface area contributed by atoms with Gasteiger partial charge in [0.25, 0.3) is 5.91 Å². The third-order valence-corrected chi connectivity index (χ3v) is 3.44. The van der Waals surface area contributed by atoms with Gasteiger partial charge in [0, 0.05) is 13.1 Å². The van der Waals surface area contributed by atoms with E-state index in [-0.39, 0.29) is 23.2 Å². The van der Waals surface area contributed by atoms with Gasteiger partial charge in [-0.1, -0.05) is 6.07 Å². The second kappa shape index (κ2) is 6.53. The highest BCUT2D eigenvalue weighted by Crippen LogP contribution is 2.30. The Hall–Kier alpha value is -2.15. The number of nitro benzene ring substituents is 1. The molecule has 1 unspecified atom stereocenters. The van der Waals surface area contributed by atoms with Crippen molar-refractivity contribution in [3.63, 3.8) is 0 Å². The van der Waals surface area contributed by atoms with E-state index in [0.29, 0.717) is 32.0 Å². The zero-order valence-corrected chi connectivity index (χ0v) is 12.2. The van der Waals surface area contributed by atoms with Crippen molar-refractivity contribution >= 4 is 17.3 Å². The van der Waals surface area contributed by atoms with Gasteiger partial charge in [0.2, 0.25) is 0 Å². The normalized spacial score (nSPS) is 18.4. The molecule has 0 radical (unpaired) electrons. The first kappa shape index (κ1) is 15.2. The van der Waals surface area contributed by atoms with Gasteiger partial charge in [-0.3, -0.25) is 14.9 Å². The van der Waals surface area contributed by atoms with Crippen LogP contribution in [0.1, 0.15) is 24.2 Å². The Labute approximate surface area is 123 Å². The average molecular weight is 293 g/mol. The van der Waals surface area contributed by atoms with Crippen molar-refractivity contribution < 1.29 is 14.5 Å². The van der Waals surface area contributed by atoms with Gasteiger partial charge < -0.3 is 15.0 Å². The van der Waals surface area contributed by atoms with E-state index in [0.717, 1.165) is 0 Å². The van der Waals surface area contributed by atoms with Gasteiger partial charge in [0.1, 0.15) is 11.3 Å². The minimum atomic E-state index is -0.504. The average Bonchev–Trinajstić information content (AvgIpc) is 2.47. The molecule has 1 saturated heterocycles. The number of morpholine rings is 1. The summed E-state index contributed by atoms with van der Waals surface area (Å²) >= 11 is 0. The molecule has 1 fully saturated rings. The van der Waals surface area contributed by atoms with Gasteiger partial charge in [-0.05, 0) is 26.0 Å². The van der Waals surface area contributed by atoms with Gasteiger partial charge in [0.15, 0.2) is 0 Å². The molecule has 7 heteroatoms. The van der Waals surface area contributed by atoms with Crippen LogP contribution in [0.5, 0.6) is 0 Å². The van der Waals surface area contributed by atoms with E-state index in [1.165, 1.54) is 6.07 Å². The number of nitrogens with zero attached hydrogens (tertiary/aromatic N) is 2. The summed E-state index contributed by atoms with van der Waals surface area (Å²) in [6.07, 6.45) is 0. The predicted octanol–water partition coefficient (Wildman–Crippen LogP) is 1.89. The molecule has 1 aliphatic heterocycles. The minimum Gasteiger partial charge on any atom is -0.380 e. The number of amides is 1. The number of hydrogen-bond donors (Lipinski definition) is 1. The Morgan fingerprint density at radius 1 is 1.57 bits per heavy atom. The first-order valence-corrected chi connectivity index (χ1v) is 6.96. The van der Waals surface area contributed by atoms with Gasteiger partial charge >= 0.3 is 5.69 Å². The second-order valence-corrected chi connectivity index (χ2v) is 4.91. The van der Waals surface area contributed by atoms with E-state index in [1.54, 1.807) is 17.0 Å². The molecule has 21 heavy (non-hydrogen) atoms. The molecular formula is C14H19N3O4. The van der Waals surface area contributed by atoms with E-state index < -0.39 is 4.92 Å². The lowest BCUT2D eigenvalue weighted by atomic mass is 10.1. The molecule has 7 nitrogen and oxygen atoms in total. The SMILES string of the molecule is CCNc1cccc(C(=O)N2CCOCC2C)c1[N+](=O)[O-]. The Morgan fingerprint density at radius 3 is 2.95 bits per heavy atom. The summed E-state index contributed by atoms with van der Waals surface area (Å²) in [5.74, 6) is -0.322. The van der Waals surface area contributed by atoms with Crippen molar-refractivity contribution in [1.29, 1.82) is 0 Å². The van der Waals surface area contributed by atoms with E-state index in [4.69, 9.17) is 4.74 Å². The predicted molar refractivity (Wildman–Crippen MR) is 78.6 cm³/mol. The van der Waals surface area contributed by atoms with Crippen molar-refractivity contribution in [2.75, 3.05) is 31.6 Å². The third kappa shape index (κ3) is 3.13. The topological polar surface area (TPSA) is 84.7 Å². The van der Waals surface area contributed by atoms with E-state index >= 15 is 0 Å². The molecule has 1 N–H and O–H groups in total. The van der Waals surface area contributed by atoms with Crippen molar-refractivity contribution in [3.05, 3.63) is 33.9 Å². The number of nitro groups is 1. The second-order valence-electron chi connectivity index (χ2n) is 4.91. The standard InChI is InChI=1S/C14H19N3O4/c1-3-15-12-6-4-5-11(13(12)17(19)20)14(18)16-7-8-21-9-10(16)2/h4-6,10,15H,3,7-9H2,1-2H3. The first-order chi connectivity index (χ1) is 10.1. The monoisotopic (exact) mass is 293 g/mol. The summed E-state index contributed by atoms with van der Waals surface area (Å²) in [6, 6.07) is 4.68. The van der Waals surface area contributed by atoms with Crippen LogP contribution >= 0.6 is 0 Å². The highest BCUT2D eigenvalue weighted by molar-refractivity contribution is 6.00. The Bertz CT molecular complexity index is 547. The molecule has 0 bridgehead atoms. The molecule has 2 rings (SSSR count). The number of carbonyl (C=O) groups is 1. The smallest absolute Gasteiger partial charge is 0.305 e. The summed E-state index contributed by atoms with van der Waals surface area (Å²) < 4.78 is 5.30. The van der Waals surface area contributed by atoms with Crippen LogP contribution in [0.3, 0.4) is 0 Å². The van der Waals surface area contributed by atoms with Crippen molar-refractivity contribution in [1.82, 2.24) is 4.90 Å². The summed E-state index contributed by atoms with van der Waals surface area (Å²) in [6.45, 7) is 5.62. The van der Waals surface area contributed by atoms with Crippen LogP contribution in [-0.2, 0) is 4.74 Å². The number of nitrogens with one attached hydrogen (secondary N) is 1. The highest BCUT2D eigenvalue weighted by atomic mass is 16.6. The van der Waals surface area contributed by atoms with Gasteiger partial charge in [-0.2, -0.15) is 0 Å². The summed E-state index contributed by atoms with van der Waals surface area (Å²) in [5.41, 5.74) is 0.324. The summed E-state index contributed by atoms with van der Waals surface area (Å²) in [7, 11) is 0. The van der Waals surface area contributed by atoms with Crippen LogP contribution in [0, 0.1) is 10.1 Å². The maximum absolute atomic E-state index is 12.6. The van der Waals surface area contributed by atoms with E-state index in [9.17, 15) is 14.9 Å². The van der Waals surface area contributed by atoms with Crippen LogP contribution in [0.15, 0.2) is 18.2 Å². The lowest BCUT2D eigenvalue weighted by molar-refractivity contribution is -0.384. The Balaban J connectivity index is 2.40. The van der Waals surface area contributed by atoms with Gasteiger partial charge in [0.05, 0.1) is 24.2 Å². The molecule has 0 saturated carbocycles. The van der Waals surface area contributed by atoms with Gasteiger partial charge in [-0.25, -0.2) is 0 Å². The number of hydrogen-bond acceptors (Lipinski definition) is 5. The fraction of sp³-hybridized carbons (Fsp3) is 0.500. The molecular weight excluding hydrogens is 274 g/mol. The van der Waals surface area contributed by atoms with Crippen LogP contribution < -0.4 is 5.32 Å². The number of benzene rings is 1. The summed E-state index contributed by atoms with van der Waals surface area (Å²) in [4.78, 5) is 25.1. The molecule has 1 aliphatic rings. The summed E-state index contributed by atoms with van der Waals surface area (Å²) in [5, 5.41) is 14.3. The number of ether oxygens (including phenoxy) is 1. The van der Waals surface area contributed by atoms with E-state index in [1.807, 2.05) is 13.8 Å². The van der Waals surface area contributed by atoms with Crippen LogP contribution in [0.25, 0.3) is 0 Å². The maximum atomic E-state index is 12.6. The quantitative estimate of drug-likeness (QED) is 0.677. The van der Waals surface area contributed by atoms with Crippen LogP contribution in [0.2, 0.25) is 0 Å². The molecule has 1 heterocycles. The Kier molecular flexibility index (Phi) is 4.74. The maximum Gasteiger partial charge on any atom is 0.305 e. The largest absolute Gasteiger partial charge is 0.380 e. The minimum absolute atomic E-state index is 0.0892.